The molecular weight excluding hydrogens is 431 g/mol. The van der Waals surface area contributed by atoms with Gasteiger partial charge in [0.05, 0.1) is 19.4 Å². The molecule has 1 rings (SSSR count). The van der Waals surface area contributed by atoms with E-state index in [1.54, 1.807) is 6.26 Å². The van der Waals surface area contributed by atoms with Crippen molar-refractivity contribution in [2.75, 3.05) is 26.7 Å². The molecule has 0 fully saturated rings. The third-order valence-electron chi connectivity index (χ3n) is 2.99. The van der Waals surface area contributed by atoms with Crippen LogP contribution >= 0.6 is 24.0 Å². The molecule has 0 saturated heterocycles. The summed E-state index contributed by atoms with van der Waals surface area (Å²) < 4.78 is 5.32. The predicted molar refractivity (Wildman–Crippen MR) is 113 cm³/mol. The molecule has 0 aliphatic rings. The second-order valence-electron chi connectivity index (χ2n) is 7.01. The molecule has 6 nitrogen and oxygen atoms in total. The number of guanidine groups is 1. The average Bonchev–Trinajstić information content (AvgIpc) is 2.92. The monoisotopic (exact) mass is 462 g/mol. The normalized spacial score (nSPS) is 11.5. The molecule has 1 amide bonds. The topological polar surface area (TPSA) is 69.9 Å². The second kappa shape index (κ2) is 11.2. The Balaban J connectivity index is 0.00000576. The zero-order chi connectivity index (χ0) is 18.2. The van der Waals surface area contributed by atoms with Crippen molar-refractivity contribution in [3.8, 4) is 0 Å². The number of likely N-dealkylation sites (N-methyl/N-ethyl adjacent to an activating group) is 1. The van der Waals surface area contributed by atoms with E-state index in [0.717, 1.165) is 17.8 Å². The molecule has 0 saturated carbocycles. The number of rotatable bonds is 7. The van der Waals surface area contributed by atoms with Crippen molar-refractivity contribution >= 4 is 35.8 Å². The number of aliphatic imine (C=N–C) groups is 1. The van der Waals surface area contributed by atoms with Crippen LogP contribution < -0.4 is 10.6 Å². The maximum absolute atomic E-state index is 12.1. The van der Waals surface area contributed by atoms with Gasteiger partial charge in [0.25, 0.3) is 0 Å². The molecule has 2 N–H and O–H groups in total. The van der Waals surface area contributed by atoms with Gasteiger partial charge in [0.1, 0.15) is 5.76 Å². The number of furan rings is 1. The Morgan fingerprint density at radius 1 is 1.40 bits per heavy atom. The lowest BCUT2D eigenvalue weighted by molar-refractivity contribution is -0.122. The van der Waals surface area contributed by atoms with Gasteiger partial charge >= 0.3 is 0 Å². The van der Waals surface area contributed by atoms with Crippen molar-refractivity contribution in [1.82, 2.24) is 15.5 Å². The fraction of sp³-hybridized carbons (Fsp3) is 0.556. The highest BCUT2D eigenvalue weighted by Crippen LogP contribution is 2.01. The predicted octanol–water partition coefficient (Wildman–Crippen LogP) is 2.81. The summed E-state index contributed by atoms with van der Waals surface area (Å²) in [5.74, 6) is 1.55. The molecule has 0 atom stereocenters. The van der Waals surface area contributed by atoms with Crippen LogP contribution in [-0.2, 0) is 11.2 Å². The van der Waals surface area contributed by atoms with Crippen LogP contribution in [0.4, 0.5) is 0 Å². The summed E-state index contributed by atoms with van der Waals surface area (Å²) in [5.41, 5.74) is 0.715. The summed E-state index contributed by atoms with van der Waals surface area (Å²) in [6.45, 7) is 13.1. The highest BCUT2D eigenvalue weighted by molar-refractivity contribution is 14.0. The molecule has 0 radical (unpaired) electrons. The van der Waals surface area contributed by atoms with Gasteiger partial charge in [-0.3, -0.25) is 4.79 Å². The Hall–Kier alpha value is -1.51. The van der Waals surface area contributed by atoms with Crippen LogP contribution in [0.2, 0.25) is 0 Å². The minimum Gasteiger partial charge on any atom is -0.469 e. The Morgan fingerprint density at radius 3 is 2.60 bits per heavy atom. The molecule has 0 aliphatic carbocycles. The summed E-state index contributed by atoms with van der Waals surface area (Å²) >= 11 is 0. The number of hydrogen-bond donors (Lipinski definition) is 2. The van der Waals surface area contributed by atoms with E-state index >= 15 is 0 Å². The molecule has 1 aromatic heterocycles. The molecule has 0 spiro atoms. The molecule has 25 heavy (non-hydrogen) atoms. The maximum atomic E-state index is 12.1. The van der Waals surface area contributed by atoms with E-state index in [0.29, 0.717) is 19.0 Å². The molecule has 142 valence electrons. The van der Waals surface area contributed by atoms with E-state index in [-0.39, 0.29) is 42.0 Å². The minimum absolute atomic E-state index is 0. The summed E-state index contributed by atoms with van der Waals surface area (Å²) in [5, 5.41) is 6.23. The number of carbonyl (C=O) groups excluding carboxylic acids is 1. The van der Waals surface area contributed by atoms with Crippen molar-refractivity contribution < 1.29 is 9.21 Å². The first-order valence-corrected chi connectivity index (χ1v) is 8.14. The van der Waals surface area contributed by atoms with Crippen LogP contribution in [-0.4, -0.2) is 49.0 Å². The van der Waals surface area contributed by atoms with Crippen LogP contribution in [0.15, 0.2) is 40.0 Å². The number of amides is 1. The largest absolute Gasteiger partial charge is 0.469 e. The van der Waals surface area contributed by atoms with E-state index in [2.05, 4.69) is 22.2 Å². The van der Waals surface area contributed by atoms with Crippen molar-refractivity contribution in [2.45, 2.75) is 39.7 Å². The SMILES string of the molecule is C=C(C)CN=C(NCCc1ccco1)N(C)CC(=O)NC(C)(C)C.I. The highest BCUT2D eigenvalue weighted by atomic mass is 127. The fourth-order valence-corrected chi connectivity index (χ4v) is 2.02. The van der Waals surface area contributed by atoms with Crippen molar-refractivity contribution in [3.63, 3.8) is 0 Å². The van der Waals surface area contributed by atoms with Gasteiger partial charge in [-0.2, -0.15) is 0 Å². The van der Waals surface area contributed by atoms with E-state index in [4.69, 9.17) is 4.42 Å². The van der Waals surface area contributed by atoms with Gasteiger partial charge in [-0.25, -0.2) is 4.99 Å². The molecule has 0 bridgehead atoms. The first-order valence-electron chi connectivity index (χ1n) is 8.14. The number of hydrogen-bond acceptors (Lipinski definition) is 3. The summed E-state index contributed by atoms with van der Waals surface area (Å²) in [4.78, 5) is 18.4. The average molecular weight is 462 g/mol. The van der Waals surface area contributed by atoms with Gasteiger partial charge in [0, 0.05) is 25.6 Å². The van der Waals surface area contributed by atoms with Crippen LogP contribution in [0.25, 0.3) is 0 Å². The third kappa shape index (κ3) is 10.9. The maximum Gasteiger partial charge on any atom is 0.240 e. The van der Waals surface area contributed by atoms with Gasteiger partial charge in [0.15, 0.2) is 5.96 Å². The van der Waals surface area contributed by atoms with Crippen LogP contribution in [0.5, 0.6) is 0 Å². The van der Waals surface area contributed by atoms with Gasteiger partial charge in [-0.1, -0.05) is 12.2 Å². The van der Waals surface area contributed by atoms with Crippen LogP contribution in [0.3, 0.4) is 0 Å². The van der Waals surface area contributed by atoms with E-state index in [1.807, 2.05) is 51.8 Å². The standard InChI is InChI=1S/C18H30N4O2.HI/c1-14(2)12-20-17(19-10-9-15-8-7-11-24-15)22(6)13-16(23)21-18(3,4)5;/h7-8,11H,1,9-10,12-13H2,2-6H3,(H,19,20)(H,21,23);1H. The summed E-state index contributed by atoms with van der Waals surface area (Å²) in [7, 11) is 1.85. The molecule has 1 heterocycles. The zero-order valence-electron chi connectivity index (χ0n) is 15.9. The first kappa shape index (κ1) is 23.5. The third-order valence-corrected chi connectivity index (χ3v) is 2.99. The Kier molecular flexibility index (Phi) is 10.5. The van der Waals surface area contributed by atoms with E-state index in [1.165, 1.54) is 0 Å². The molecule has 0 aromatic carbocycles. The van der Waals surface area contributed by atoms with E-state index in [9.17, 15) is 4.79 Å². The highest BCUT2D eigenvalue weighted by Gasteiger charge is 2.16. The van der Waals surface area contributed by atoms with E-state index < -0.39 is 0 Å². The zero-order valence-corrected chi connectivity index (χ0v) is 18.2. The Labute approximate surface area is 168 Å². The van der Waals surface area contributed by atoms with Crippen molar-refractivity contribution in [2.24, 2.45) is 4.99 Å². The minimum atomic E-state index is -0.250. The van der Waals surface area contributed by atoms with Gasteiger partial charge < -0.3 is 20.0 Å². The molecule has 0 unspecified atom stereocenters. The number of halogens is 1. The van der Waals surface area contributed by atoms with Gasteiger partial charge in [0.2, 0.25) is 5.91 Å². The number of nitrogens with zero attached hydrogens (tertiary/aromatic N) is 2. The Morgan fingerprint density at radius 2 is 2.08 bits per heavy atom. The number of carbonyl (C=O) groups is 1. The summed E-state index contributed by atoms with van der Waals surface area (Å²) in [6, 6.07) is 3.81. The van der Waals surface area contributed by atoms with Crippen molar-refractivity contribution in [1.29, 1.82) is 0 Å². The smallest absolute Gasteiger partial charge is 0.240 e. The van der Waals surface area contributed by atoms with Gasteiger partial charge in [-0.05, 0) is 39.8 Å². The first-order chi connectivity index (χ1) is 11.2. The molecule has 0 aliphatic heterocycles. The summed E-state index contributed by atoms with van der Waals surface area (Å²) in [6.07, 6.45) is 2.41. The quantitative estimate of drug-likeness (QED) is 0.283. The van der Waals surface area contributed by atoms with Crippen LogP contribution in [0, 0.1) is 0 Å². The lowest BCUT2D eigenvalue weighted by atomic mass is 10.1. The molecular formula is C18H31IN4O2. The van der Waals surface area contributed by atoms with Gasteiger partial charge in [-0.15, -0.1) is 24.0 Å². The fourth-order valence-electron chi connectivity index (χ4n) is 2.02. The second-order valence-corrected chi connectivity index (χ2v) is 7.01. The van der Waals surface area contributed by atoms with Crippen molar-refractivity contribution in [3.05, 3.63) is 36.3 Å². The molecule has 7 heteroatoms. The molecule has 1 aromatic rings. The lowest BCUT2D eigenvalue weighted by Gasteiger charge is -2.25. The Bertz CT molecular complexity index is 562. The van der Waals surface area contributed by atoms with Crippen LogP contribution in [0.1, 0.15) is 33.5 Å². The lowest BCUT2D eigenvalue weighted by Crippen LogP contribution is -2.49. The number of nitrogens with one attached hydrogen (secondary N) is 2.